The maximum Gasteiger partial charge on any atom is 0.417 e. The zero-order chi connectivity index (χ0) is 18.5. The number of carbonyl (C=O) groups is 1. The van der Waals surface area contributed by atoms with Crippen molar-refractivity contribution in [1.29, 1.82) is 5.26 Å². The molecule has 132 valence electrons. The third-order valence-electron chi connectivity index (χ3n) is 3.04. The Labute approximate surface area is 133 Å². The molecule has 1 rings (SSSR count). The Kier molecular flexibility index (Phi) is 6.20. The molecule has 1 unspecified atom stereocenters. The molecule has 2 N–H and O–H groups in total. The van der Waals surface area contributed by atoms with E-state index in [0.717, 1.165) is 12.1 Å². The van der Waals surface area contributed by atoms with Gasteiger partial charge in [-0.25, -0.2) is 0 Å². The van der Waals surface area contributed by atoms with Gasteiger partial charge in [-0.15, -0.1) is 0 Å². The summed E-state index contributed by atoms with van der Waals surface area (Å²) in [6.45, 7) is 0.554. The van der Waals surface area contributed by atoms with E-state index in [1.54, 1.807) is 0 Å². The summed E-state index contributed by atoms with van der Waals surface area (Å²) in [6.07, 6.45) is -9.63. The lowest BCUT2D eigenvalue weighted by atomic mass is 10.1. The fraction of sp³-hybridized carbons (Fsp3) is 0.429. The number of rotatable bonds is 5. The van der Waals surface area contributed by atoms with Gasteiger partial charge in [-0.3, -0.25) is 10.1 Å². The van der Waals surface area contributed by atoms with E-state index >= 15 is 0 Å². The number of benzene rings is 1. The first-order valence-corrected chi connectivity index (χ1v) is 6.70. The van der Waals surface area contributed by atoms with Crippen LogP contribution in [0.1, 0.15) is 24.5 Å². The number of alkyl halides is 6. The summed E-state index contributed by atoms with van der Waals surface area (Å²) in [5, 5.41) is 12.7. The summed E-state index contributed by atoms with van der Waals surface area (Å²) < 4.78 is 75.9. The zero-order valence-corrected chi connectivity index (χ0v) is 12.3. The van der Waals surface area contributed by atoms with Crippen LogP contribution < -0.4 is 10.6 Å². The molecular formula is C14H13F6N3O. The van der Waals surface area contributed by atoms with Crippen LogP contribution in [-0.2, 0) is 11.0 Å². The molecular weight excluding hydrogens is 340 g/mol. The lowest BCUT2D eigenvalue weighted by Gasteiger charge is -2.19. The molecule has 0 fully saturated rings. The third kappa shape index (κ3) is 5.42. The number of nitriles is 1. The summed E-state index contributed by atoms with van der Waals surface area (Å²) in [5.41, 5.74) is -2.13. The van der Waals surface area contributed by atoms with E-state index in [9.17, 15) is 31.1 Å². The highest BCUT2D eigenvalue weighted by molar-refractivity contribution is 5.92. The summed E-state index contributed by atoms with van der Waals surface area (Å²) in [7, 11) is 0. The van der Waals surface area contributed by atoms with Crippen molar-refractivity contribution in [2.24, 2.45) is 0 Å². The monoisotopic (exact) mass is 353 g/mol. The fourth-order valence-electron chi connectivity index (χ4n) is 1.87. The van der Waals surface area contributed by atoms with E-state index in [0.29, 0.717) is 6.07 Å². The van der Waals surface area contributed by atoms with Gasteiger partial charge in [0.2, 0.25) is 5.91 Å². The molecule has 0 saturated carbocycles. The Balaban J connectivity index is 2.80. The summed E-state index contributed by atoms with van der Waals surface area (Å²) in [4.78, 5) is 11.6. The van der Waals surface area contributed by atoms with Crippen molar-refractivity contribution in [3.63, 3.8) is 0 Å². The van der Waals surface area contributed by atoms with Crippen LogP contribution in [0.25, 0.3) is 0 Å². The van der Waals surface area contributed by atoms with Gasteiger partial charge in [0.15, 0.2) is 0 Å². The molecule has 24 heavy (non-hydrogen) atoms. The van der Waals surface area contributed by atoms with E-state index < -0.39 is 42.0 Å². The van der Waals surface area contributed by atoms with Crippen LogP contribution in [0, 0.1) is 11.3 Å². The molecule has 0 aliphatic carbocycles. The van der Waals surface area contributed by atoms with Crippen molar-refractivity contribution >= 4 is 11.6 Å². The van der Waals surface area contributed by atoms with Crippen molar-refractivity contribution in [3.05, 3.63) is 29.3 Å². The fourth-order valence-corrected chi connectivity index (χ4v) is 1.87. The van der Waals surface area contributed by atoms with Crippen LogP contribution in [0.3, 0.4) is 0 Å². The molecule has 1 aromatic rings. The maximum absolute atomic E-state index is 12.8. The summed E-state index contributed by atoms with van der Waals surface area (Å²) in [6, 6.07) is 1.97. The highest BCUT2D eigenvalue weighted by Gasteiger charge is 2.38. The van der Waals surface area contributed by atoms with E-state index in [1.165, 1.54) is 13.0 Å². The van der Waals surface area contributed by atoms with E-state index in [2.05, 4.69) is 5.32 Å². The van der Waals surface area contributed by atoms with Crippen molar-refractivity contribution in [2.45, 2.75) is 31.7 Å². The van der Waals surface area contributed by atoms with Gasteiger partial charge in [0.25, 0.3) is 0 Å². The molecule has 1 atom stereocenters. The van der Waals surface area contributed by atoms with E-state index in [4.69, 9.17) is 5.26 Å². The molecule has 0 aliphatic heterocycles. The predicted molar refractivity (Wildman–Crippen MR) is 72.9 cm³/mol. The van der Waals surface area contributed by atoms with Crippen molar-refractivity contribution in [2.75, 3.05) is 11.9 Å². The number of nitrogens with zero attached hydrogens (tertiary/aromatic N) is 1. The van der Waals surface area contributed by atoms with Crippen molar-refractivity contribution < 1.29 is 31.1 Å². The van der Waals surface area contributed by atoms with Gasteiger partial charge in [0, 0.05) is 5.69 Å². The standard InChI is InChI=1S/C14H13F6N3O/c1-2-11(14(18,19)20)22-7-12(24)23-9-4-3-8(6-21)10(5-9)13(15,16)17/h3-5,11,22H,2,7H2,1H3,(H,23,24). The summed E-state index contributed by atoms with van der Waals surface area (Å²) in [5.74, 6) is -0.935. The first-order valence-electron chi connectivity index (χ1n) is 6.70. The number of halogens is 6. The smallest absolute Gasteiger partial charge is 0.325 e. The number of nitrogens with one attached hydrogen (secondary N) is 2. The van der Waals surface area contributed by atoms with Crippen LogP contribution in [0.4, 0.5) is 32.0 Å². The van der Waals surface area contributed by atoms with Crippen molar-refractivity contribution in [3.8, 4) is 6.07 Å². The lowest BCUT2D eigenvalue weighted by molar-refractivity contribution is -0.156. The average Bonchev–Trinajstić information content (AvgIpc) is 2.45. The lowest BCUT2D eigenvalue weighted by Crippen LogP contribution is -2.45. The predicted octanol–water partition coefficient (Wildman–Crippen LogP) is 3.45. The van der Waals surface area contributed by atoms with Gasteiger partial charge in [-0.1, -0.05) is 6.92 Å². The minimum absolute atomic E-state index is 0.270. The Hall–Kier alpha value is -2.28. The number of hydrogen-bond acceptors (Lipinski definition) is 3. The normalized spacial score (nSPS) is 13.2. The zero-order valence-electron chi connectivity index (χ0n) is 12.3. The van der Waals surface area contributed by atoms with E-state index in [-0.39, 0.29) is 12.1 Å². The minimum atomic E-state index is -4.80. The van der Waals surface area contributed by atoms with Gasteiger partial charge >= 0.3 is 12.4 Å². The largest absolute Gasteiger partial charge is 0.417 e. The first kappa shape index (κ1) is 19.8. The second-order valence-electron chi connectivity index (χ2n) is 4.80. The number of hydrogen-bond donors (Lipinski definition) is 2. The molecule has 0 spiro atoms. The topological polar surface area (TPSA) is 64.9 Å². The minimum Gasteiger partial charge on any atom is -0.325 e. The molecule has 1 aromatic carbocycles. The van der Waals surface area contributed by atoms with Crippen molar-refractivity contribution in [1.82, 2.24) is 5.32 Å². The van der Waals surface area contributed by atoms with Gasteiger partial charge in [0.1, 0.15) is 6.04 Å². The van der Waals surface area contributed by atoms with Gasteiger partial charge in [-0.2, -0.15) is 31.6 Å². The van der Waals surface area contributed by atoms with Gasteiger partial charge in [0.05, 0.1) is 23.7 Å². The highest BCUT2D eigenvalue weighted by atomic mass is 19.4. The number of amides is 1. The average molecular weight is 353 g/mol. The molecule has 0 bridgehead atoms. The van der Waals surface area contributed by atoms with Gasteiger partial charge in [-0.05, 0) is 24.6 Å². The van der Waals surface area contributed by atoms with Crippen LogP contribution >= 0.6 is 0 Å². The molecule has 0 aromatic heterocycles. The SMILES string of the molecule is CCC(NCC(=O)Nc1ccc(C#N)c(C(F)(F)F)c1)C(F)(F)F. The number of anilines is 1. The highest BCUT2D eigenvalue weighted by Crippen LogP contribution is 2.33. The van der Waals surface area contributed by atoms with Crippen LogP contribution in [0.2, 0.25) is 0 Å². The molecule has 0 saturated heterocycles. The Morgan fingerprint density at radius 3 is 2.33 bits per heavy atom. The van der Waals surface area contributed by atoms with Crippen LogP contribution in [0.5, 0.6) is 0 Å². The van der Waals surface area contributed by atoms with E-state index in [1.807, 2.05) is 5.32 Å². The van der Waals surface area contributed by atoms with Gasteiger partial charge < -0.3 is 5.32 Å². The second kappa shape index (κ2) is 7.53. The quantitative estimate of drug-likeness (QED) is 0.797. The molecule has 0 aliphatic rings. The molecule has 1 amide bonds. The number of carbonyl (C=O) groups excluding carboxylic acids is 1. The third-order valence-corrected chi connectivity index (χ3v) is 3.04. The molecule has 0 radical (unpaired) electrons. The molecule has 10 heteroatoms. The molecule has 0 heterocycles. The first-order chi connectivity index (χ1) is 11.0. The maximum atomic E-state index is 12.8. The Morgan fingerprint density at radius 2 is 1.88 bits per heavy atom. The Morgan fingerprint density at radius 1 is 1.25 bits per heavy atom. The second-order valence-corrected chi connectivity index (χ2v) is 4.80. The Bertz CT molecular complexity index is 633. The molecule has 4 nitrogen and oxygen atoms in total. The van der Waals surface area contributed by atoms with Crippen LogP contribution in [-0.4, -0.2) is 24.7 Å². The van der Waals surface area contributed by atoms with Crippen LogP contribution in [0.15, 0.2) is 18.2 Å². The summed E-state index contributed by atoms with van der Waals surface area (Å²) >= 11 is 0.